The Morgan fingerprint density at radius 3 is 2.67 bits per heavy atom. The molecule has 118 valence electrons. The number of halogens is 4. The molecule has 0 aliphatic carbocycles. The predicted molar refractivity (Wildman–Crippen MR) is 77.3 cm³/mol. The number of rotatable bonds is 7. The number of benzene rings is 1. The molecule has 0 aromatic heterocycles. The van der Waals surface area contributed by atoms with Gasteiger partial charge in [-0.15, -0.1) is 11.8 Å². The van der Waals surface area contributed by atoms with Crippen LogP contribution in [0.3, 0.4) is 0 Å². The van der Waals surface area contributed by atoms with Gasteiger partial charge in [-0.25, -0.2) is 0 Å². The summed E-state index contributed by atoms with van der Waals surface area (Å²) in [7, 11) is 0. The van der Waals surface area contributed by atoms with Crippen molar-refractivity contribution in [2.45, 2.75) is 11.9 Å². The van der Waals surface area contributed by atoms with Crippen LogP contribution in [0.2, 0.25) is 5.02 Å². The lowest BCUT2D eigenvalue weighted by Crippen LogP contribution is -2.41. The van der Waals surface area contributed by atoms with E-state index in [1.807, 2.05) is 6.07 Å². The molecule has 0 heterocycles. The lowest BCUT2D eigenvalue weighted by molar-refractivity contribution is -0.160. The van der Waals surface area contributed by atoms with Crippen LogP contribution in [0, 0.1) is 0 Å². The van der Waals surface area contributed by atoms with Crippen LogP contribution in [0.25, 0.3) is 0 Å². The van der Waals surface area contributed by atoms with E-state index in [1.165, 1.54) is 11.8 Å². The molecule has 0 unspecified atom stereocenters. The van der Waals surface area contributed by atoms with Crippen molar-refractivity contribution in [3.63, 3.8) is 0 Å². The van der Waals surface area contributed by atoms with Crippen molar-refractivity contribution >= 4 is 29.3 Å². The van der Waals surface area contributed by atoms with E-state index < -0.39 is 25.2 Å². The third-order valence-electron chi connectivity index (χ3n) is 2.48. The molecule has 0 aliphatic heterocycles. The first-order chi connectivity index (χ1) is 9.81. The Morgan fingerprint density at radius 2 is 2.10 bits per heavy atom. The monoisotopic (exact) mass is 341 g/mol. The van der Waals surface area contributed by atoms with Gasteiger partial charge in [-0.2, -0.15) is 13.2 Å². The summed E-state index contributed by atoms with van der Waals surface area (Å²) in [6.07, 6.45) is -4.47. The standard InChI is InChI=1S/C13H15ClF3NO2S/c14-11-3-1-2-10(6-11)7-21-8-12(20)18(4-5-19)9-13(15,16)17/h1-3,6,19H,4-5,7-9H2. The Balaban J connectivity index is 2.46. The number of hydrogen-bond acceptors (Lipinski definition) is 3. The van der Waals surface area contributed by atoms with Gasteiger partial charge in [0.2, 0.25) is 5.91 Å². The molecule has 0 aliphatic rings. The smallest absolute Gasteiger partial charge is 0.395 e. The summed E-state index contributed by atoms with van der Waals surface area (Å²) in [5.41, 5.74) is 0.893. The molecule has 0 spiro atoms. The first-order valence-electron chi connectivity index (χ1n) is 6.09. The van der Waals surface area contributed by atoms with Crippen molar-refractivity contribution < 1.29 is 23.1 Å². The summed E-state index contributed by atoms with van der Waals surface area (Å²) in [4.78, 5) is 12.4. The number of aliphatic hydroxyl groups is 1. The molecule has 0 fully saturated rings. The van der Waals surface area contributed by atoms with Crippen molar-refractivity contribution in [1.29, 1.82) is 0 Å². The zero-order chi connectivity index (χ0) is 15.9. The number of alkyl halides is 3. The maximum Gasteiger partial charge on any atom is 0.406 e. The fourth-order valence-corrected chi connectivity index (χ4v) is 2.69. The Kier molecular flexibility index (Phi) is 7.34. The highest BCUT2D eigenvalue weighted by atomic mass is 35.5. The normalized spacial score (nSPS) is 11.5. The minimum Gasteiger partial charge on any atom is -0.395 e. The van der Waals surface area contributed by atoms with Crippen LogP contribution in [0.4, 0.5) is 13.2 Å². The number of aliphatic hydroxyl groups excluding tert-OH is 1. The third-order valence-corrected chi connectivity index (χ3v) is 3.70. The van der Waals surface area contributed by atoms with Crippen molar-refractivity contribution in [1.82, 2.24) is 4.90 Å². The van der Waals surface area contributed by atoms with E-state index in [1.54, 1.807) is 18.2 Å². The molecule has 1 N–H and O–H groups in total. The molecule has 1 rings (SSSR count). The first kappa shape index (κ1) is 18.1. The lowest BCUT2D eigenvalue weighted by atomic mass is 10.2. The number of hydrogen-bond donors (Lipinski definition) is 1. The summed E-state index contributed by atoms with van der Waals surface area (Å²) in [5.74, 6) is -0.248. The molecular weight excluding hydrogens is 327 g/mol. The molecule has 3 nitrogen and oxygen atoms in total. The van der Waals surface area contributed by atoms with Gasteiger partial charge in [0.15, 0.2) is 0 Å². The van der Waals surface area contributed by atoms with Crippen molar-refractivity contribution in [3.05, 3.63) is 34.9 Å². The molecule has 0 radical (unpaired) electrons. The number of amides is 1. The highest BCUT2D eigenvalue weighted by molar-refractivity contribution is 7.99. The number of nitrogens with zero attached hydrogens (tertiary/aromatic N) is 1. The molecule has 21 heavy (non-hydrogen) atoms. The predicted octanol–water partition coefficient (Wildman–Crippen LogP) is 2.96. The van der Waals surface area contributed by atoms with Crippen LogP contribution in [0.15, 0.2) is 24.3 Å². The zero-order valence-corrected chi connectivity index (χ0v) is 12.6. The molecule has 0 saturated carbocycles. The molecule has 8 heteroatoms. The van der Waals surface area contributed by atoms with Crippen molar-refractivity contribution in [2.24, 2.45) is 0 Å². The summed E-state index contributed by atoms with van der Waals surface area (Å²) < 4.78 is 37.0. The largest absolute Gasteiger partial charge is 0.406 e. The first-order valence-corrected chi connectivity index (χ1v) is 7.62. The second-order valence-electron chi connectivity index (χ2n) is 4.28. The summed E-state index contributed by atoms with van der Waals surface area (Å²) in [6.45, 7) is -2.17. The zero-order valence-electron chi connectivity index (χ0n) is 11.1. The molecule has 0 bridgehead atoms. The summed E-state index contributed by atoms with van der Waals surface area (Å²) >= 11 is 7.02. The Bertz CT molecular complexity index is 471. The van der Waals surface area contributed by atoms with Gasteiger partial charge < -0.3 is 10.0 Å². The molecule has 1 aromatic carbocycles. The highest BCUT2D eigenvalue weighted by Crippen LogP contribution is 2.19. The van der Waals surface area contributed by atoms with Crippen molar-refractivity contribution in [3.8, 4) is 0 Å². The van der Waals surface area contributed by atoms with Crippen LogP contribution in [0.5, 0.6) is 0 Å². The second-order valence-corrected chi connectivity index (χ2v) is 5.70. The van der Waals surface area contributed by atoms with Crippen molar-refractivity contribution in [2.75, 3.05) is 25.4 Å². The van der Waals surface area contributed by atoms with Crippen LogP contribution >= 0.6 is 23.4 Å². The van der Waals surface area contributed by atoms with Crippen LogP contribution in [-0.2, 0) is 10.5 Å². The van der Waals surface area contributed by atoms with E-state index in [0.29, 0.717) is 15.7 Å². The second kappa shape index (κ2) is 8.51. The Hall–Kier alpha value is -0.920. The van der Waals surface area contributed by atoms with Gasteiger partial charge >= 0.3 is 6.18 Å². The molecule has 0 atom stereocenters. The fraction of sp³-hybridized carbons (Fsp3) is 0.462. The van der Waals surface area contributed by atoms with E-state index >= 15 is 0 Å². The summed E-state index contributed by atoms with van der Waals surface area (Å²) in [6, 6.07) is 7.04. The number of thioether (sulfide) groups is 1. The van der Waals surface area contributed by atoms with Gasteiger partial charge in [-0.3, -0.25) is 4.79 Å². The van der Waals surface area contributed by atoms with E-state index in [4.69, 9.17) is 16.7 Å². The van der Waals surface area contributed by atoms with Gasteiger partial charge in [-0.1, -0.05) is 23.7 Å². The highest BCUT2D eigenvalue weighted by Gasteiger charge is 2.32. The number of carbonyl (C=O) groups excluding carboxylic acids is 1. The van der Waals surface area contributed by atoms with Gasteiger partial charge in [0.1, 0.15) is 6.54 Å². The van der Waals surface area contributed by atoms with E-state index in [9.17, 15) is 18.0 Å². The van der Waals surface area contributed by atoms with Crippen LogP contribution < -0.4 is 0 Å². The Morgan fingerprint density at radius 1 is 1.38 bits per heavy atom. The van der Waals surface area contributed by atoms with Gasteiger partial charge in [0, 0.05) is 17.3 Å². The fourth-order valence-electron chi connectivity index (χ4n) is 1.60. The third kappa shape index (κ3) is 7.59. The quantitative estimate of drug-likeness (QED) is 0.829. The van der Waals surface area contributed by atoms with E-state index in [-0.39, 0.29) is 12.3 Å². The van der Waals surface area contributed by atoms with Crippen LogP contribution in [0.1, 0.15) is 5.56 Å². The maximum absolute atomic E-state index is 12.3. The molecular formula is C13H15ClF3NO2S. The average molecular weight is 342 g/mol. The van der Waals surface area contributed by atoms with E-state index in [2.05, 4.69) is 0 Å². The molecule has 0 saturated heterocycles. The topological polar surface area (TPSA) is 40.5 Å². The molecule has 1 aromatic rings. The number of carbonyl (C=O) groups is 1. The van der Waals surface area contributed by atoms with Gasteiger partial charge in [-0.05, 0) is 17.7 Å². The van der Waals surface area contributed by atoms with Crippen LogP contribution in [-0.4, -0.2) is 47.5 Å². The average Bonchev–Trinajstić information content (AvgIpc) is 2.36. The SMILES string of the molecule is O=C(CSCc1cccc(Cl)c1)N(CCO)CC(F)(F)F. The maximum atomic E-state index is 12.3. The minimum atomic E-state index is -4.47. The van der Waals surface area contributed by atoms with E-state index in [0.717, 1.165) is 5.56 Å². The molecule has 1 amide bonds. The summed E-state index contributed by atoms with van der Waals surface area (Å²) in [5, 5.41) is 9.30. The lowest BCUT2D eigenvalue weighted by Gasteiger charge is -2.22. The van der Waals surface area contributed by atoms with Gasteiger partial charge in [0.25, 0.3) is 0 Å². The minimum absolute atomic E-state index is 0.0808. The van der Waals surface area contributed by atoms with Gasteiger partial charge in [0.05, 0.1) is 12.4 Å². The Labute approximate surface area is 130 Å².